The van der Waals surface area contributed by atoms with Crippen LogP contribution in [0.3, 0.4) is 0 Å². The highest BCUT2D eigenvalue weighted by molar-refractivity contribution is 7.80. The molecule has 2 aromatic carbocycles. The normalized spacial score (nSPS) is 11.6. The largest absolute Gasteiger partial charge is 0.484 e. The number of anilines is 1. The predicted molar refractivity (Wildman–Crippen MR) is 106 cm³/mol. The molecule has 2 aromatic rings. The molecule has 0 spiro atoms. The van der Waals surface area contributed by atoms with E-state index < -0.39 is 17.6 Å². The lowest BCUT2D eigenvalue weighted by Gasteiger charge is -2.19. The van der Waals surface area contributed by atoms with Crippen molar-refractivity contribution in [1.82, 2.24) is 5.32 Å². The quantitative estimate of drug-likeness (QED) is 0.705. The molecule has 2 rings (SSSR count). The van der Waals surface area contributed by atoms with Gasteiger partial charge in [-0.1, -0.05) is 45.0 Å². The molecule has 0 saturated heterocycles. The van der Waals surface area contributed by atoms with Crippen LogP contribution in [0.5, 0.6) is 5.75 Å². The van der Waals surface area contributed by atoms with Gasteiger partial charge in [0.15, 0.2) is 11.7 Å². The van der Waals surface area contributed by atoms with Crippen molar-refractivity contribution in [1.29, 1.82) is 0 Å². The van der Waals surface area contributed by atoms with Crippen molar-refractivity contribution in [3.05, 3.63) is 59.7 Å². The molecule has 0 radical (unpaired) electrons. The fraction of sp³-hybridized carbons (Fsp3) is 0.300. The van der Waals surface area contributed by atoms with E-state index >= 15 is 0 Å². The van der Waals surface area contributed by atoms with Crippen molar-refractivity contribution in [2.45, 2.75) is 32.4 Å². The van der Waals surface area contributed by atoms with Gasteiger partial charge in [0.25, 0.3) is 5.91 Å². The summed E-state index contributed by atoms with van der Waals surface area (Å²) < 4.78 is 44.3. The maximum atomic E-state index is 13.0. The van der Waals surface area contributed by atoms with Gasteiger partial charge in [-0.25, -0.2) is 0 Å². The highest BCUT2D eigenvalue weighted by Crippen LogP contribution is 2.34. The Morgan fingerprint density at radius 1 is 1.04 bits per heavy atom. The summed E-state index contributed by atoms with van der Waals surface area (Å²) in [4.78, 5) is 11.9. The molecule has 4 nitrogen and oxygen atoms in total. The highest BCUT2D eigenvalue weighted by atomic mass is 32.1. The van der Waals surface area contributed by atoms with Crippen LogP contribution >= 0.6 is 12.2 Å². The van der Waals surface area contributed by atoms with Crippen LogP contribution in [0.25, 0.3) is 0 Å². The number of para-hydroxylation sites is 1. The summed E-state index contributed by atoms with van der Waals surface area (Å²) in [5, 5.41) is 4.45. The number of halogens is 3. The lowest BCUT2D eigenvalue weighted by atomic mass is 9.87. The number of alkyl halides is 3. The number of thiocarbonyl (C=S) groups is 1. The van der Waals surface area contributed by atoms with Gasteiger partial charge in [-0.2, -0.15) is 13.2 Å². The van der Waals surface area contributed by atoms with Crippen LogP contribution in [0.1, 0.15) is 31.9 Å². The summed E-state index contributed by atoms with van der Waals surface area (Å²) in [6.45, 7) is 5.93. The summed E-state index contributed by atoms with van der Waals surface area (Å²) in [5.74, 6) is -0.0775. The summed E-state index contributed by atoms with van der Waals surface area (Å²) in [6, 6.07) is 12.2. The van der Waals surface area contributed by atoms with E-state index in [1.807, 2.05) is 12.1 Å². The van der Waals surface area contributed by atoms with E-state index in [9.17, 15) is 18.0 Å². The molecule has 0 aromatic heterocycles. The molecule has 0 aliphatic rings. The molecule has 8 heteroatoms. The van der Waals surface area contributed by atoms with Gasteiger partial charge >= 0.3 is 6.18 Å². The van der Waals surface area contributed by atoms with Crippen molar-refractivity contribution < 1.29 is 22.7 Å². The van der Waals surface area contributed by atoms with Gasteiger partial charge in [-0.3, -0.25) is 10.1 Å². The van der Waals surface area contributed by atoms with Crippen molar-refractivity contribution in [2.24, 2.45) is 0 Å². The van der Waals surface area contributed by atoms with Crippen LogP contribution in [0.4, 0.5) is 18.9 Å². The number of ether oxygens (including phenoxy) is 1. The summed E-state index contributed by atoms with van der Waals surface area (Å²) in [6.07, 6.45) is -4.54. The summed E-state index contributed by atoms with van der Waals surface area (Å²) >= 11 is 4.92. The van der Waals surface area contributed by atoms with E-state index in [0.29, 0.717) is 5.75 Å². The third-order valence-corrected chi connectivity index (χ3v) is 4.03. The van der Waals surface area contributed by atoms with Crippen molar-refractivity contribution >= 4 is 28.9 Å². The fourth-order valence-corrected chi connectivity index (χ4v) is 2.58. The molecule has 1 amide bonds. The maximum absolute atomic E-state index is 13.0. The van der Waals surface area contributed by atoms with Crippen LogP contribution in [-0.2, 0) is 16.4 Å². The Bertz CT molecular complexity index is 844. The molecule has 0 aliphatic heterocycles. The lowest BCUT2D eigenvalue weighted by molar-refractivity contribution is -0.136. The van der Waals surface area contributed by atoms with Gasteiger partial charge in [0, 0.05) is 0 Å². The standard InChI is InChI=1S/C20H21F3N2O2S/c1-19(2,3)13-8-10-14(11-9-13)27-12-17(26)25-18(28)24-16-7-5-4-6-15(16)20(21,22)23/h4-11H,12H2,1-3H3,(H2,24,25,26,28). The maximum Gasteiger partial charge on any atom is 0.418 e. The third kappa shape index (κ3) is 6.23. The Morgan fingerprint density at radius 3 is 2.21 bits per heavy atom. The molecule has 0 bridgehead atoms. The number of amides is 1. The average Bonchev–Trinajstić information content (AvgIpc) is 2.59. The lowest BCUT2D eigenvalue weighted by Crippen LogP contribution is -2.37. The number of nitrogens with one attached hydrogen (secondary N) is 2. The zero-order chi connectivity index (χ0) is 20.9. The molecule has 0 saturated carbocycles. The first-order valence-electron chi connectivity index (χ1n) is 8.47. The first-order valence-corrected chi connectivity index (χ1v) is 8.88. The van der Waals surface area contributed by atoms with Crippen LogP contribution < -0.4 is 15.4 Å². The predicted octanol–water partition coefficient (Wildman–Crippen LogP) is 4.89. The van der Waals surface area contributed by atoms with Gasteiger partial charge in [0.2, 0.25) is 0 Å². The first kappa shape index (κ1) is 21.7. The monoisotopic (exact) mass is 410 g/mol. The zero-order valence-electron chi connectivity index (χ0n) is 15.7. The smallest absolute Gasteiger partial charge is 0.418 e. The van der Waals surface area contributed by atoms with Crippen LogP contribution in [0.2, 0.25) is 0 Å². The topological polar surface area (TPSA) is 50.4 Å². The molecule has 28 heavy (non-hydrogen) atoms. The Hall–Kier alpha value is -2.61. The van der Waals surface area contributed by atoms with E-state index in [2.05, 4.69) is 31.4 Å². The minimum absolute atomic E-state index is 0.000465. The van der Waals surface area contributed by atoms with Gasteiger partial charge < -0.3 is 10.1 Å². The number of hydrogen-bond donors (Lipinski definition) is 2. The molecular formula is C20H21F3N2O2S. The van der Waals surface area contributed by atoms with E-state index in [-0.39, 0.29) is 22.8 Å². The van der Waals surface area contributed by atoms with Crippen LogP contribution in [0.15, 0.2) is 48.5 Å². The Kier molecular flexibility index (Phi) is 6.66. The second-order valence-electron chi connectivity index (χ2n) is 7.11. The highest BCUT2D eigenvalue weighted by Gasteiger charge is 2.33. The van der Waals surface area contributed by atoms with E-state index in [1.165, 1.54) is 18.2 Å². The van der Waals surface area contributed by atoms with Crippen molar-refractivity contribution in [3.63, 3.8) is 0 Å². The molecule has 0 heterocycles. The number of rotatable bonds is 4. The Morgan fingerprint density at radius 2 is 1.64 bits per heavy atom. The average molecular weight is 410 g/mol. The zero-order valence-corrected chi connectivity index (χ0v) is 16.5. The second kappa shape index (κ2) is 8.60. The van der Waals surface area contributed by atoms with Crippen LogP contribution in [-0.4, -0.2) is 17.6 Å². The van der Waals surface area contributed by atoms with Gasteiger partial charge in [0.1, 0.15) is 5.75 Å². The molecule has 150 valence electrons. The molecule has 0 atom stereocenters. The van der Waals surface area contributed by atoms with Gasteiger partial charge in [-0.15, -0.1) is 0 Å². The third-order valence-electron chi connectivity index (χ3n) is 3.82. The minimum Gasteiger partial charge on any atom is -0.484 e. The SMILES string of the molecule is CC(C)(C)c1ccc(OCC(=O)NC(=S)Nc2ccccc2C(F)(F)F)cc1. The summed E-state index contributed by atoms with van der Waals surface area (Å²) in [7, 11) is 0. The number of benzene rings is 2. The Labute approximate surface area is 167 Å². The second-order valence-corrected chi connectivity index (χ2v) is 7.52. The number of hydrogen-bond acceptors (Lipinski definition) is 3. The first-order chi connectivity index (χ1) is 13.0. The molecule has 2 N–H and O–H groups in total. The van der Waals surface area contributed by atoms with Gasteiger partial charge in [-0.05, 0) is 47.5 Å². The molecule has 0 fully saturated rings. The minimum atomic E-state index is -4.54. The Balaban J connectivity index is 1.89. The number of carbonyl (C=O) groups is 1. The van der Waals surface area contributed by atoms with Crippen molar-refractivity contribution in [3.8, 4) is 5.75 Å². The van der Waals surface area contributed by atoms with Crippen LogP contribution in [0, 0.1) is 0 Å². The summed E-state index contributed by atoms with van der Waals surface area (Å²) in [5.41, 5.74) is 0.0132. The molecule has 0 aliphatic carbocycles. The van der Waals surface area contributed by atoms with E-state index in [0.717, 1.165) is 11.6 Å². The van der Waals surface area contributed by atoms with Gasteiger partial charge in [0.05, 0.1) is 11.3 Å². The fourth-order valence-electron chi connectivity index (χ4n) is 2.36. The van der Waals surface area contributed by atoms with Crippen molar-refractivity contribution in [2.75, 3.05) is 11.9 Å². The molecular weight excluding hydrogens is 389 g/mol. The number of carbonyl (C=O) groups excluding carboxylic acids is 1. The van der Waals surface area contributed by atoms with E-state index in [4.69, 9.17) is 17.0 Å². The molecule has 0 unspecified atom stereocenters. The van der Waals surface area contributed by atoms with E-state index in [1.54, 1.807) is 12.1 Å².